The average molecular weight is 328 g/mol. The highest BCUT2D eigenvalue weighted by Crippen LogP contribution is 2.11. The van der Waals surface area contributed by atoms with E-state index in [1.807, 2.05) is 6.92 Å². The summed E-state index contributed by atoms with van der Waals surface area (Å²) in [7, 11) is -3.60. The molecule has 0 aliphatic rings. The molecule has 7 heteroatoms. The van der Waals surface area contributed by atoms with Gasteiger partial charge in [0.15, 0.2) is 0 Å². The van der Waals surface area contributed by atoms with E-state index >= 15 is 0 Å². The number of hydrogen-bond donors (Lipinski definition) is 2. The summed E-state index contributed by atoms with van der Waals surface area (Å²) >= 11 is 1.78. The maximum atomic E-state index is 12.2. The zero-order valence-electron chi connectivity index (χ0n) is 12.2. The number of rotatable bonds is 7. The fourth-order valence-corrected chi connectivity index (χ4v) is 3.65. The summed E-state index contributed by atoms with van der Waals surface area (Å²) in [6.45, 7) is 3.64. The Balaban J connectivity index is 2.78. The highest BCUT2D eigenvalue weighted by molar-refractivity contribution is 7.99. The molecule has 0 spiro atoms. The smallest absolute Gasteiger partial charge is 0.242 e. The molecule has 0 fully saturated rings. The lowest BCUT2D eigenvalue weighted by molar-refractivity contribution is 0.350. The Hall–Kier alpha value is -1.07. The number of thioether (sulfide) groups is 1. The molecular weight excluding hydrogens is 308 g/mol. The molecule has 116 valence electrons. The van der Waals surface area contributed by atoms with Gasteiger partial charge < -0.3 is 5.11 Å². The zero-order chi connectivity index (χ0) is 15.7. The van der Waals surface area contributed by atoms with Gasteiger partial charge in [-0.2, -0.15) is 11.8 Å². The van der Waals surface area contributed by atoms with Gasteiger partial charge in [-0.15, -0.1) is 0 Å². The first-order chi connectivity index (χ1) is 9.99. The third-order valence-corrected chi connectivity index (χ3v) is 5.08. The minimum absolute atomic E-state index is 0.0854. The highest BCUT2D eigenvalue weighted by Gasteiger charge is 2.17. The van der Waals surface area contributed by atoms with Crippen molar-refractivity contribution in [2.24, 2.45) is 0 Å². The first-order valence-corrected chi connectivity index (χ1v) is 9.28. The molecule has 1 atom stereocenters. The molecule has 0 saturated carbocycles. The predicted molar refractivity (Wildman–Crippen MR) is 85.6 cm³/mol. The minimum Gasteiger partial charge on any atom is -0.384 e. The van der Waals surface area contributed by atoms with Crippen LogP contribution in [0, 0.1) is 11.8 Å². The highest BCUT2D eigenvalue weighted by atomic mass is 32.2. The van der Waals surface area contributed by atoms with Gasteiger partial charge in [0.1, 0.15) is 11.5 Å². The van der Waals surface area contributed by atoms with Crippen molar-refractivity contribution >= 4 is 21.8 Å². The van der Waals surface area contributed by atoms with E-state index in [1.165, 1.54) is 18.5 Å². The van der Waals surface area contributed by atoms with E-state index in [4.69, 9.17) is 5.11 Å². The SMILES string of the molecule is CCSCCC(C)NS(=O)(=O)c1cncc(C#CCO)c1. The van der Waals surface area contributed by atoms with Crippen molar-refractivity contribution in [3.63, 3.8) is 0 Å². The molecule has 5 nitrogen and oxygen atoms in total. The van der Waals surface area contributed by atoms with Gasteiger partial charge in [-0.3, -0.25) is 4.98 Å². The summed E-state index contributed by atoms with van der Waals surface area (Å²) in [4.78, 5) is 3.96. The molecule has 2 N–H and O–H groups in total. The van der Waals surface area contributed by atoms with E-state index in [0.29, 0.717) is 5.56 Å². The van der Waals surface area contributed by atoms with E-state index in [9.17, 15) is 8.42 Å². The van der Waals surface area contributed by atoms with Crippen molar-refractivity contribution in [2.75, 3.05) is 18.1 Å². The molecule has 0 bridgehead atoms. The van der Waals surface area contributed by atoms with Crippen LogP contribution in [-0.2, 0) is 10.0 Å². The Labute approximate surface area is 130 Å². The molecule has 21 heavy (non-hydrogen) atoms. The van der Waals surface area contributed by atoms with Crippen LogP contribution in [0.5, 0.6) is 0 Å². The van der Waals surface area contributed by atoms with Crippen molar-refractivity contribution < 1.29 is 13.5 Å². The summed E-state index contributed by atoms with van der Waals surface area (Å²) in [6.07, 6.45) is 3.53. The third kappa shape index (κ3) is 6.48. The van der Waals surface area contributed by atoms with Crippen molar-refractivity contribution in [1.29, 1.82) is 0 Å². The van der Waals surface area contributed by atoms with Crippen molar-refractivity contribution in [1.82, 2.24) is 9.71 Å². The number of nitrogens with one attached hydrogen (secondary N) is 1. The van der Waals surface area contributed by atoms with Crippen LogP contribution in [0.4, 0.5) is 0 Å². The standard InChI is InChI=1S/C14H20N2O3S2/c1-3-20-8-6-12(2)16-21(18,19)14-9-13(5-4-7-17)10-15-11-14/h9-12,16-17H,3,6-8H2,1-2H3. The molecule has 0 amide bonds. The van der Waals surface area contributed by atoms with Gasteiger partial charge in [-0.25, -0.2) is 13.1 Å². The molecule has 0 aromatic carbocycles. The molecule has 0 saturated heterocycles. The lowest BCUT2D eigenvalue weighted by Gasteiger charge is -2.13. The number of pyridine rings is 1. The van der Waals surface area contributed by atoms with Crippen molar-refractivity contribution in [2.45, 2.75) is 31.2 Å². The van der Waals surface area contributed by atoms with Crippen LogP contribution in [0.2, 0.25) is 0 Å². The molecule has 0 aliphatic carbocycles. The summed E-state index contributed by atoms with van der Waals surface area (Å²) < 4.78 is 27.1. The van der Waals surface area contributed by atoms with E-state index in [0.717, 1.165) is 17.9 Å². The van der Waals surface area contributed by atoms with Gasteiger partial charge in [-0.05, 0) is 30.9 Å². The monoisotopic (exact) mass is 328 g/mol. The molecule has 0 aliphatic heterocycles. The van der Waals surface area contributed by atoms with Crippen molar-refractivity contribution in [3.05, 3.63) is 24.0 Å². The van der Waals surface area contributed by atoms with Gasteiger partial charge >= 0.3 is 0 Å². The van der Waals surface area contributed by atoms with Gasteiger partial charge in [0.25, 0.3) is 0 Å². The Morgan fingerprint density at radius 3 is 2.90 bits per heavy atom. The second-order valence-electron chi connectivity index (χ2n) is 4.38. The quantitative estimate of drug-likeness (QED) is 0.581. The molecule has 1 rings (SSSR count). The zero-order valence-corrected chi connectivity index (χ0v) is 13.8. The van der Waals surface area contributed by atoms with Gasteiger partial charge in [0, 0.05) is 24.0 Å². The topological polar surface area (TPSA) is 79.3 Å². The molecule has 1 aromatic rings. The Kier molecular flexibility index (Phi) is 7.75. The van der Waals surface area contributed by atoms with Gasteiger partial charge in [-0.1, -0.05) is 18.8 Å². The van der Waals surface area contributed by atoms with Crippen LogP contribution >= 0.6 is 11.8 Å². The molecule has 1 heterocycles. The maximum Gasteiger partial charge on any atom is 0.242 e. The summed E-state index contributed by atoms with van der Waals surface area (Å²) in [5, 5.41) is 8.65. The number of hydrogen-bond acceptors (Lipinski definition) is 5. The van der Waals surface area contributed by atoms with Crippen LogP contribution in [0.15, 0.2) is 23.4 Å². The van der Waals surface area contributed by atoms with Crippen LogP contribution < -0.4 is 4.72 Å². The van der Waals surface area contributed by atoms with Crippen LogP contribution in [0.25, 0.3) is 0 Å². The first kappa shape index (κ1) is 18.0. The lowest BCUT2D eigenvalue weighted by Crippen LogP contribution is -2.33. The first-order valence-electron chi connectivity index (χ1n) is 6.64. The molecule has 1 unspecified atom stereocenters. The number of aromatic nitrogens is 1. The lowest BCUT2D eigenvalue weighted by atomic mass is 10.3. The minimum atomic E-state index is -3.60. The average Bonchev–Trinajstić information content (AvgIpc) is 2.45. The van der Waals surface area contributed by atoms with Crippen molar-refractivity contribution in [3.8, 4) is 11.8 Å². The second kappa shape index (κ2) is 9.05. The summed E-state index contributed by atoms with van der Waals surface area (Å²) in [5.74, 6) is 7.05. The number of aliphatic hydroxyl groups is 1. The molecule has 0 radical (unpaired) electrons. The fraction of sp³-hybridized carbons (Fsp3) is 0.500. The Bertz CT molecular complexity index is 606. The van der Waals surface area contributed by atoms with E-state index < -0.39 is 10.0 Å². The summed E-state index contributed by atoms with van der Waals surface area (Å²) in [6, 6.07) is 1.31. The van der Waals surface area contributed by atoms with E-state index in [-0.39, 0.29) is 17.5 Å². The second-order valence-corrected chi connectivity index (χ2v) is 7.48. The number of nitrogens with zero attached hydrogens (tertiary/aromatic N) is 1. The van der Waals surface area contributed by atoms with Crippen LogP contribution in [-0.4, -0.2) is 42.7 Å². The number of aliphatic hydroxyl groups excluding tert-OH is 1. The maximum absolute atomic E-state index is 12.2. The largest absolute Gasteiger partial charge is 0.384 e. The predicted octanol–water partition coefficient (Wildman–Crippen LogP) is 1.24. The Morgan fingerprint density at radius 1 is 1.48 bits per heavy atom. The van der Waals surface area contributed by atoms with E-state index in [2.05, 4.69) is 28.5 Å². The third-order valence-electron chi connectivity index (χ3n) is 2.59. The van der Waals surface area contributed by atoms with Gasteiger partial charge in [0.05, 0.1) is 0 Å². The molecule has 1 aromatic heterocycles. The Morgan fingerprint density at radius 2 is 2.24 bits per heavy atom. The normalized spacial score (nSPS) is 12.5. The van der Waals surface area contributed by atoms with Gasteiger partial charge in [0.2, 0.25) is 10.0 Å². The molecular formula is C14H20N2O3S2. The number of sulfonamides is 1. The van der Waals surface area contributed by atoms with Crippen LogP contribution in [0.3, 0.4) is 0 Å². The van der Waals surface area contributed by atoms with Crippen LogP contribution in [0.1, 0.15) is 25.8 Å². The summed E-state index contributed by atoms with van der Waals surface area (Å²) in [5.41, 5.74) is 0.459. The fourth-order valence-electron chi connectivity index (χ4n) is 1.57. The van der Waals surface area contributed by atoms with E-state index in [1.54, 1.807) is 11.8 Å².